The molecule has 2 aromatic carbocycles. The topological polar surface area (TPSA) is 256 Å². The molecule has 2 aromatic heterocycles. The van der Waals surface area contributed by atoms with Crippen LogP contribution in [0, 0.1) is 0 Å². The summed E-state index contributed by atoms with van der Waals surface area (Å²) in [6.45, 7) is 17.9. The van der Waals surface area contributed by atoms with Crippen molar-refractivity contribution < 1.29 is 52.6 Å². The van der Waals surface area contributed by atoms with Crippen LogP contribution in [0.1, 0.15) is 123 Å². The predicted molar refractivity (Wildman–Crippen MR) is 256 cm³/mol. The van der Waals surface area contributed by atoms with Crippen LogP contribution in [0.2, 0.25) is 0 Å². The van der Waals surface area contributed by atoms with Crippen molar-refractivity contribution in [1.82, 2.24) is 40.8 Å². The Balaban J connectivity index is 1.17. The smallest absolute Gasteiger partial charge is 0.413 e. The van der Waals surface area contributed by atoms with Crippen molar-refractivity contribution in [2.75, 3.05) is 18.4 Å². The van der Waals surface area contributed by atoms with Crippen LogP contribution < -0.4 is 21.3 Å². The van der Waals surface area contributed by atoms with E-state index in [4.69, 9.17) is 23.8 Å². The Kier molecular flexibility index (Phi) is 16.2. The number of thiazole rings is 1. The molecule has 1 aliphatic heterocycles. The van der Waals surface area contributed by atoms with Crippen LogP contribution in [0.3, 0.4) is 0 Å². The zero-order chi connectivity index (χ0) is 51.0. The lowest BCUT2D eigenvalue weighted by Gasteiger charge is -2.36. The number of nitrogens with zero attached hydrogens (tertiary/aromatic N) is 6. The summed E-state index contributed by atoms with van der Waals surface area (Å²) < 4.78 is 22.5. The van der Waals surface area contributed by atoms with Crippen LogP contribution in [-0.2, 0) is 44.7 Å². The molecule has 6 rings (SSSR count). The van der Waals surface area contributed by atoms with E-state index in [9.17, 15) is 28.8 Å². The van der Waals surface area contributed by atoms with Gasteiger partial charge < -0.3 is 39.7 Å². The fourth-order valence-corrected chi connectivity index (χ4v) is 7.51. The van der Waals surface area contributed by atoms with Crippen molar-refractivity contribution in [3.63, 3.8) is 0 Å². The first-order valence-electron chi connectivity index (χ1n) is 22.9. The molecule has 70 heavy (non-hydrogen) atoms. The van der Waals surface area contributed by atoms with E-state index in [1.54, 1.807) is 69.2 Å². The van der Waals surface area contributed by atoms with Crippen molar-refractivity contribution in [2.45, 2.75) is 142 Å². The third-order valence-electron chi connectivity index (χ3n) is 10.4. The molecule has 4 N–H and O–H groups in total. The maximum atomic E-state index is 14.2. The van der Waals surface area contributed by atoms with Crippen molar-refractivity contribution in [1.29, 1.82) is 0 Å². The number of carbonyl (C=O) groups excluding carboxylic acids is 6. The number of β-lactam (4-membered cyclic amide) rings is 1. The van der Waals surface area contributed by atoms with E-state index < -0.39 is 82.7 Å². The summed E-state index contributed by atoms with van der Waals surface area (Å²) in [4.78, 5) is 92.6. The molecule has 1 saturated heterocycles. The average Bonchev–Trinajstić information content (AvgIpc) is 3.67. The number of amides is 5. The molecule has 2 aliphatic rings. The SMILES string of the molecule is C[C@@H](c1cnn(C[C@H]2NC(=O)[C@H]2NC(=O)/C(=N/OC2(C(=O)OC(c3ccccc3)c3ccccc3)CC2)c2csc(NC(=O)OC(C)(C)C)n2)n1)N(CCCNC(=O)OC(C)(C)C)C(=O)OC(C)(C)C. The highest BCUT2D eigenvalue weighted by atomic mass is 32.1. The summed E-state index contributed by atoms with van der Waals surface area (Å²) in [6.07, 6.45) is -0.354. The minimum absolute atomic E-state index is 0.0121. The van der Waals surface area contributed by atoms with Crippen LogP contribution in [0.4, 0.5) is 19.5 Å². The number of hydrogen-bond acceptors (Lipinski definition) is 16. The summed E-state index contributed by atoms with van der Waals surface area (Å²) >= 11 is 0.984. The molecule has 4 aromatic rings. The minimum Gasteiger partial charge on any atom is -0.450 e. The summed E-state index contributed by atoms with van der Waals surface area (Å²) in [5.74, 6) is -2.06. The highest BCUT2D eigenvalue weighted by molar-refractivity contribution is 7.14. The number of anilines is 1. The summed E-state index contributed by atoms with van der Waals surface area (Å²) in [5, 5.41) is 25.4. The highest BCUT2D eigenvalue weighted by Crippen LogP contribution is 2.43. The molecule has 0 spiro atoms. The largest absolute Gasteiger partial charge is 0.450 e. The van der Waals surface area contributed by atoms with Gasteiger partial charge in [0.05, 0.1) is 24.8 Å². The van der Waals surface area contributed by atoms with Gasteiger partial charge in [0.15, 0.2) is 16.9 Å². The lowest BCUT2D eigenvalue weighted by atomic mass is 9.98. The van der Waals surface area contributed by atoms with E-state index in [2.05, 4.69) is 41.6 Å². The second-order valence-corrected chi connectivity index (χ2v) is 20.7. The second-order valence-electron chi connectivity index (χ2n) is 19.8. The summed E-state index contributed by atoms with van der Waals surface area (Å²) in [5.41, 5.74) is -2.30. The maximum Gasteiger partial charge on any atom is 0.413 e. The molecule has 3 atom stereocenters. The quantitative estimate of drug-likeness (QED) is 0.0206. The first kappa shape index (κ1) is 52.3. The van der Waals surface area contributed by atoms with Gasteiger partial charge in [-0.15, -0.1) is 11.3 Å². The van der Waals surface area contributed by atoms with Gasteiger partial charge in [-0.1, -0.05) is 65.8 Å². The monoisotopic (exact) mass is 986 g/mol. The highest BCUT2D eigenvalue weighted by Gasteiger charge is 2.56. The van der Waals surface area contributed by atoms with Crippen LogP contribution in [-0.4, -0.2) is 114 Å². The van der Waals surface area contributed by atoms with Gasteiger partial charge in [0.2, 0.25) is 11.5 Å². The van der Waals surface area contributed by atoms with E-state index in [1.165, 1.54) is 21.3 Å². The van der Waals surface area contributed by atoms with E-state index in [1.807, 2.05) is 60.7 Å². The number of alkyl carbamates (subject to hydrolysis) is 1. The normalized spacial score (nSPS) is 17.0. The standard InChI is InChI=1S/C48H62N10O11S/c1-29(57(44(64)68-47(8,9)10)25-17-24-49-42(62)66-45(2,3)4)32-26-50-58(55-32)27-33-35(38(59)51-33)53-39(60)36(34-28-70-41(52-34)54-43(63)67-46(5,6)7)56-69-48(22-23-48)40(61)65-37(30-18-13-11-14-19-30)31-20-15-12-16-21-31/h11-16,18-21,26,28-29,33,35,37H,17,22-25,27H2,1-10H3,(H,49,62)(H,51,59)(H,53,60)(H,52,54,63)/b56-36+/t29-,33+,35-/m0/s1. The minimum atomic E-state index is -1.52. The first-order valence-corrected chi connectivity index (χ1v) is 23.8. The number of carbonyl (C=O) groups is 6. The number of benzene rings is 2. The summed E-state index contributed by atoms with van der Waals surface area (Å²) in [7, 11) is 0. The van der Waals surface area contributed by atoms with Gasteiger partial charge in [0, 0.05) is 31.3 Å². The molecule has 0 radical (unpaired) electrons. The Bertz CT molecular complexity index is 2490. The zero-order valence-corrected chi connectivity index (χ0v) is 41.9. The summed E-state index contributed by atoms with van der Waals surface area (Å²) in [6, 6.07) is 16.1. The molecule has 22 heteroatoms. The Morgan fingerprint density at radius 2 is 1.49 bits per heavy atom. The third kappa shape index (κ3) is 14.7. The lowest BCUT2D eigenvalue weighted by molar-refractivity contribution is -0.164. The molecule has 376 valence electrons. The molecule has 5 amide bonds. The van der Waals surface area contributed by atoms with Crippen molar-refractivity contribution in [3.8, 4) is 0 Å². The molecular weight excluding hydrogens is 925 g/mol. The van der Waals surface area contributed by atoms with E-state index in [-0.39, 0.29) is 49.0 Å². The van der Waals surface area contributed by atoms with E-state index >= 15 is 0 Å². The van der Waals surface area contributed by atoms with E-state index in [0.29, 0.717) is 12.1 Å². The number of ether oxygens (including phenoxy) is 4. The molecule has 3 heterocycles. The van der Waals surface area contributed by atoms with E-state index in [0.717, 1.165) is 22.5 Å². The van der Waals surface area contributed by atoms with Gasteiger partial charge >= 0.3 is 24.2 Å². The van der Waals surface area contributed by atoms with Gasteiger partial charge in [0.1, 0.15) is 34.2 Å². The van der Waals surface area contributed by atoms with Gasteiger partial charge in [0.25, 0.3) is 5.91 Å². The molecule has 0 bridgehead atoms. The Morgan fingerprint density at radius 1 is 0.886 bits per heavy atom. The van der Waals surface area contributed by atoms with Gasteiger partial charge in [-0.05, 0) is 86.8 Å². The van der Waals surface area contributed by atoms with Crippen LogP contribution in [0.15, 0.2) is 77.4 Å². The fourth-order valence-electron chi connectivity index (χ4n) is 6.83. The molecular formula is C48H62N10O11S. The predicted octanol–water partition coefficient (Wildman–Crippen LogP) is 6.56. The van der Waals surface area contributed by atoms with Crippen LogP contribution in [0.5, 0.6) is 0 Å². The number of rotatable bonds is 18. The average molecular weight is 987 g/mol. The lowest BCUT2D eigenvalue weighted by Crippen LogP contribution is -2.70. The molecule has 0 unspecified atom stereocenters. The first-order chi connectivity index (χ1) is 32.9. The Hall–Kier alpha value is -7.10. The maximum absolute atomic E-state index is 14.2. The Morgan fingerprint density at radius 3 is 2.06 bits per heavy atom. The van der Waals surface area contributed by atoms with Crippen molar-refractivity contribution in [2.24, 2.45) is 5.16 Å². The van der Waals surface area contributed by atoms with Crippen LogP contribution >= 0.6 is 11.3 Å². The number of nitrogens with one attached hydrogen (secondary N) is 4. The molecule has 2 fully saturated rings. The van der Waals surface area contributed by atoms with Gasteiger partial charge in [-0.2, -0.15) is 15.0 Å². The number of esters is 1. The zero-order valence-electron chi connectivity index (χ0n) is 41.1. The number of oxime groups is 1. The second kappa shape index (κ2) is 21.7. The third-order valence-corrected chi connectivity index (χ3v) is 11.1. The van der Waals surface area contributed by atoms with Crippen molar-refractivity contribution in [3.05, 3.63) is 94.8 Å². The molecule has 21 nitrogen and oxygen atoms in total. The number of aromatic nitrogens is 4. The van der Waals surface area contributed by atoms with Gasteiger partial charge in [-0.25, -0.2) is 24.2 Å². The van der Waals surface area contributed by atoms with Gasteiger partial charge in [-0.3, -0.25) is 19.8 Å². The van der Waals surface area contributed by atoms with Crippen molar-refractivity contribution >= 4 is 58.2 Å². The number of hydrogen-bond donors (Lipinski definition) is 4. The molecule has 1 aliphatic carbocycles. The fraction of sp³-hybridized carbons (Fsp3) is 0.500. The molecule has 1 saturated carbocycles. The van der Waals surface area contributed by atoms with Crippen LogP contribution in [0.25, 0.3) is 0 Å². The Labute approximate surface area is 410 Å².